The quantitative estimate of drug-likeness (QED) is 0.855. The summed E-state index contributed by atoms with van der Waals surface area (Å²) in [6.07, 6.45) is 1.51. The number of hydrogen-bond acceptors (Lipinski definition) is 3. The van der Waals surface area contributed by atoms with E-state index in [4.69, 9.17) is 23.2 Å². The summed E-state index contributed by atoms with van der Waals surface area (Å²) in [4.78, 5) is 12.1. The third-order valence-electron chi connectivity index (χ3n) is 3.46. The third kappa shape index (κ3) is 4.69. The minimum atomic E-state index is -3.00. The summed E-state index contributed by atoms with van der Waals surface area (Å²) in [7, 11) is 0. The molecule has 0 radical (unpaired) electrons. The summed E-state index contributed by atoms with van der Waals surface area (Å²) >= 11 is 11.8. The molecule has 0 unspecified atom stereocenters. The van der Waals surface area contributed by atoms with Crippen LogP contribution in [0.15, 0.2) is 12.1 Å². The molecule has 0 aromatic heterocycles. The van der Waals surface area contributed by atoms with Crippen LogP contribution < -0.4 is 15.4 Å². The maximum atomic E-state index is 12.5. The average molecular weight is 353 g/mol. The van der Waals surface area contributed by atoms with Gasteiger partial charge in [-0.1, -0.05) is 23.2 Å². The molecule has 1 aliphatic heterocycles. The molecule has 4 nitrogen and oxygen atoms in total. The standard InChI is InChI=1S/C14H16Cl2F2N2O2/c15-10-5-9(12(11(16)6-10)22-14(17)18)7-20-13(21)8-1-3-19-4-2-8/h5-6,8,14,19H,1-4,7H2,(H,20,21). The van der Waals surface area contributed by atoms with Gasteiger partial charge in [0.25, 0.3) is 0 Å². The second-order valence-electron chi connectivity index (χ2n) is 5.00. The van der Waals surface area contributed by atoms with Gasteiger partial charge in [-0.15, -0.1) is 0 Å². The van der Waals surface area contributed by atoms with Crippen molar-refractivity contribution in [1.82, 2.24) is 10.6 Å². The summed E-state index contributed by atoms with van der Waals surface area (Å²) in [5, 5.41) is 6.17. The highest BCUT2D eigenvalue weighted by Gasteiger charge is 2.21. The molecule has 1 saturated heterocycles. The van der Waals surface area contributed by atoms with Crippen LogP contribution in [0.1, 0.15) is 18.4 Å². The number of carbonyl (C=O) groups excluding carboxylic acids is 1. The minimum absolute atomic E-state index is 0.0149. The number of halogens is 4. The molecule has 2 N–H and O–H groups in total. The van der Waals surface area contributed by atoms with Crippen molar-refractivity contribution in [2.24, 2.45) is 5.92 Å². The van der Waals surface area contributed by atoms with Crippen LogP contribution in [-0.2, 0) is 11.3 Å². The van der Waals surface area contributed by atoms with Gasteiger partial charge < -0.3 is 15.4 Å². The fourth-order valence-corrected chi connectivity index (χ4v) is 2.96. The summed E-state index contributed by atoms with van der Waals surface area (Å²) in [5.74, 6) is -0.345. The molecule has 0 atom stereocenters. The first-order valence-corrected chi connectivity index (χ1v) is 7.64. The normalized spacial score (nSPS) is 15.9. The highest BCUT2D eigenvalue weighted by atomic mass is 35.5. The van der Waals surface area contributed by atoms with Crippen LogP contribution in [0.25, 0.3) is 0 Å². The Balaban J connectivity index is 2.06. The van der Waals surface area contributed by atoms with Crippen molar-refractivity contribution in [2.45, 2.75) is 26.0 Å². The van der Waals surface area contributed by atoms with Crippen LogP contribution in [-0.4, -0.2) is 25.6 Å². The molecule has 0 bridgehead atoms. The van der Waals surface area contributed by atoms with E-state index in [1.54, 1.807) is 0 Å². The number of ether oxygens (including phenoxy) is 1. The van der Waals surface area contributed by atoms with E-state index in [-0.39, 0.29) is 34.2 Å². The van der Waals surface area contributed by atoms with Crippen LogP contribution in [0.5, 0.6) is 5.75 Å². The van der Waals surface area contributed by atoms with E-state index in [0.29, 0.717) is 5.56 Å². The van der Waals surface area contributed by atoms with Crippen molar-refractivity contribution >= 4 is 29.1 Å². The molecule has 1 amide bonds. The number of nitrogens with one attached hydrogen (secondary N) is 2. The molecule has 122 valence electrons. The van der Waals surface area contributed by atoms with Crippen molar-refractivity contribution in [3.63, 3.8) is 0 Å². The zero-order chi connectivity index (χ0) is 16.1. The molecule has 2 rings (SSSR count). The predicted octanol–water partition coefficient (Wildman–Crippen LogP) is 3.21. The van der Waals surface area contributed by atoms with Crippen molar-refractivity contribution in [1.29, 1.82) is 0 Å². The van der Waals surface area contributed by atoms with Crippen LogP contribution in [0, 0.1) is 5.92 Å². The molecule has 1 aromatic carbocycles. The SMILES string of the molecule is O=C(NCc1cc(Cl)cc(Cl)c1OC(F)F)C1CCNCC1. The first-order valence-electron chi connectivity index (χ1n) is 6.88. The largest absolute Gasteiger partial charge is 0.433 e. The Kier molecular flexibility index (Phi) is 6.23. The smallest absolute Gasteiger partial charge is 0.387 e. The number of piperidine rings is 1. The second kappa shape index (κ2) is 7.94. The molecule has 1 aromatic rings. The van der Waals surface area contributed by atoms with Crippen LogP contribution in [0.3, 0.4) is 0 Å². The predicted molar refractivity (Wildman–Crippen MR) is 80.5 cm³/mol. The van der Waals surface area contributed by atoms with Gasteiger partial charge in [0.15, 0.2) is 0 Å². The minimum Gasteiger partial charge on any atom is -0.433 e. The lowest BCUT2D eigenvalue weighted by atomic mass is 9.97. The first kappa shape index (κ1) is 17.2. The maximum Gasteiger partial charge on any atom is 0.387 e. The van der Waals surface area contributed by atoms with E-state index in [1.807, 2.05) is 0 Å². The number of hydrogen-bond donors (Lipinski definition) is 2. The van der Waals surface area contributed by atoms with E-state index < -0.39 is 6.61 Å². The summed E-state index contributed by atoms with van der Waals surface area (Å²) < 4.78 is 29.3. The Bertz CT molecular complexity index is 538. The number of rotatable bonds is 5. The Labute approximate surface area is 137 Å². The van der Waals surface area contributed by atoms with Gasteiger partial charge >= 0.3 is 6.61 Å². The van der Waals surface area contributed by atoms with Gasteiger partial charge in [0.05, 0.1) is 5.02 Å². The third-order valence-corrected chi connectivity index (χ3v) is 3.95. The lowest BCUT2D eigenvalue weighted by molar-refractivity contribution is -0.125. The van der Waals surface area contributed by atoms with Gasteiger partial charge in [-0.25, -0.2) is 0 Å². The van der Waals surface area contributed by atoms with Crippen LogP contribution in [0.2, 0.25) is 10.0 Å². The van der Waals surface area contributed by atoms with Crippen molar-refractivity contribution in [3.05, 3.63) is 27.7 Å². The van der Waals surface area contributed by atoms with E-state index in [9.17, 15) is 13.6 Å². The summed E-state index contributed by atoms with van der Waals surface area (Å²) in [5.41, 5.74) is 0.320. The van der Waals surface area contributed by atoms with Gasteiger partial charge in [-0.05, 0) is 38.1 Å². The molecule has 1 fully saturated rings. The molecule has 0 spiro atoms. The van der Waals surface area contributed by atoms with Crippen molar-refractivity contribution < 1.29 is 18.3 Å². The number of benzene rings is 1. The van der Waals surface area contributed by atoms with E-state index in [2.05, 4.69) is 15.4 Å². The lowest BCUT2D eigenvalue weighted by Gasteiger charge is -2.22. The van der Waals surface area contributed by atoms with Crippen molar-refractivity contribution in [2.75, 3.05) is 13.1 Å². The topological polar surface area (TPSA) is 50.4 Å². The fraction of sp³-hybridized carbons (Fsp3) is 0.500. The Morgan fingerprint density at radius 1 is 1.36 bits per heavy atom. The Morgan fingerprint density at radius 3 is 2.68 bits per heavy atom. The van der Waals surface area contributed by atoms with E-state index in [0.717, 1.165) is 25.9 Å². The fourth-order valence-electron chi connectivity index (χ4n) is 2.38. The Morgan fingerprint density at radius 2 is 2.05 bits per heavy atom. The monoisotopic (exact) mass is 352 g/mol. The van der Waals surface area contributed by atoms with E-state index in [1.165, 1.54) is 12.1 Å². The maximum absolute atomic E-state index is 12.5. The van der Waals surface area contributed by atoms with Gasteiger partial charge in [0, 0.05) is 23.0 Å². The molecule has 1 aliphatic rings. The zero-order valence-corrected chi connectivity index (χ0v) is 13.2. The van der Waals surface area contributed by atoms with Crippen molar-refractivity contribution in [3.8, 4) is 5.75 Å². The summed E-state index contributed by atoms with van der Waals surface area (Å²) in [6, 6.07) is 2.77. The molecule has 1 heterocycles. The second-order valence-corrected chi connectivity index (χ2v) is 5.84. The van der Waals surface area contributed by atoms with Gasteiger partial charge in [-0.3, -0.25) is 4.79 Å². The number of alkyl halides is 2. The molecular formula is C14H16Cl2F2N2O2. The Hall–Kier alpha value is -1.11. The molecule has 0 saturated carbocycles. The first-order chi connectivity index (χ1) is 10.5. The summed E-state index contributed by atoms with van der Waals surface area (Å²) in [6.45, 7) is -1.38. The lowest BCUT2D eigenvalue weighted by Crippen LogP contribution is -2.37. The molecule has 0 aliphatic carbocycles. The number of carbonyl (C=O) groups is 1. The highest BCUT2D eigenvalue weighted by molar-refractivity contribution is 6.35. The van der Waals surface area contributed by atoms with Gasteiger partial charge in [-0.2, -0.15) is 8.78 Å². The van der Waals surface area contributed by atoms with Gasteiger partial charge in [0.2, 0.25) is 5.91 Å². The molecule has 8 heteroatoms. The van der Waals surface area contributed by atoms with Gasteiger partial charge in [0.1, 0.15) is 5.75 Å². The number of amides is 1. The zero-order valence-electron chi connectivity index (χ0n) is 11.7. The highest BCUT2D eigenvalue weighted by Crippen LogP contribution is 2.33. The average Bonchev–Trinajstić information content (AvgIpc) is 2.48. The molecule has 22 heavy (non-hydrogen) atoms. The molecular weight excluding hydrogens is 337 g/mol. The van der Waals surface area contributed by atoms with Crippen LogP contribution in [0.4, 0.5) is 8.78 Å². The van der Waals surface area contributed by atoms with Crippen LogP contribution >= 0.6 is 23.2 Å². The van der Waals surface area contributed by atoms with E-state index >= 15 is 0 Å².